The van der Waals surface area contributed by atoms with Crippen LogP contribution in [0.25, 0.3) is 0 Å². The zero-order valence-electron chi connectivity index (χ0n) is 16.4. The number of piperazine rings is 1. The number of benzene rings is 1. The molecular formula is C18H24N4O5S. The Bertz CT molecular complexity index is 921. The van der Waals surface area contributed by atoms with E-state index in [0.29, 0.717) is 43.6 Å². The van der Waals surface area contributed by atoms with Gasteiger partial charge in [0.1, 0.15) is 16.5 Å². The number of sulfonamides is 1. The van der Waals surface area contributed by atoms with Crippen LogP contribution in [0.5, 0.6) is 17.6 Å². The van der Waals surface area contributed by atoms with Crippen LogP contribution in [0.1, 0.15) is 5.56 Å². The zero-order chi connectivity index (χ0) is 20.3. The summed E-state index contributed by atoms with van der Waals surface area (Å²) < 4.78 is 43.3. The Morgan fingerprint density at radius 3 is 2.25 bits per heavy atom. The van der Waals surface area contributed by atoms with E-state index < -0.39 is 10.0 Å². The van der Waals surface area contributed by atoms with Crippen LogP contribution in [0.4, 0.5) is 5.82 Å². The van der Waals surface area contributed by atoms with E-state index in [0.717, 1.165) is 5.56 Å². The van der Waals surface area contributed by atoms with Gasteiger partial charge in [-0.1, -0.05) is 6.07 Å². The van der Waals surface area contributed by atoms with Crippen molar-refractivity contribution in [2.75, 3.05) is 52.4 Å². The highest BCUT2D eigenvalue weighted by molar-refractivity contribution is 7.89. The van der Waals surface area contributed by atoms with Crippen molar-refractivity contribution in [3.05, 3.63) is 29.8 Å². The lowest BCUT2D eigenvalue weighted by molar-refractivity contribution is 0.348. The number of nitrogens with zero attached hydrogens (tertiary/aromatic N) is 4. The molecule has 0 atom stereocenters. The first-order valence-electron chi connectivity index (χ1n) is 8.76. The van der Waals surface area contributed by atoms with Crippen LogP contribution in [0.15, 0.2) is 29.2 Å². The average Bonchev–Trinajstić information content (AvgIpc) is 2.73. The third-order valence-electron chi connectivity index (χ3n) is 4.56. The summed E-state index contributed by atoms with van der Waals surface area (Å²) in [6, 6.07) is 7.05. The molecule has 1 aliphatic heterocycles. The molecule has 0 amide bonds. The number of hydrogen-bond acceptors (Lipinski definition) is 8. The van der Waals surface area contributed by atoms with Crippen molar-refractivity contribution < 1.29 is 22.6 Å². The summed E-state index contributed by atoms with van der Waals surface area (Å²) in [6.07, 6.45) is 0. The topological polar surface area (TPSA) is 94.1 Å². The van der Waals surface area contributed by atoms with E-state index in [1.165, 1.54) is 25.6 Å². The molecule has 0 radical (unpaired) electrons. The largest absolute Gasteiger partial charge is 0.495 e. The molecule has 0 N–H and O–H groups in total. The molecule has 0 unspecified atom stereocenters. The Kier molecular flexibility index (Phi) is 5.90. The molecule has 1 fully saturated rings. The second-order valence-corrected chi connectivity index (χ2v) is 8.21. The van der Waals surface area contributed by atoms with Crippen molar-refractivity contribution in [3.8, 4) is 17.6 Å². The van der Waals surface area contributed by atoms with Gasteiger partial charge >= 0.3 is 6.01 Å². The number of aryl methyl sites for hydroxylation is 1. The van der Waals surface area contributed by atoms with Crippen LogP contribution < -0.4 is 19.1 Å². The summed E-state index contributed by atoms with van der Waals surface area (Å²) in [6.45, 7) is 3.47. The average molecular weight is 408 g/mol. The maximum Gasteiger partial charge on any atom is 0.321 e. The van der Waals surface area contributed by atoms with E-state index in [9.17, 15) is 8.42 Å². The van der Waals surface area contributed by atoms with Gasteiger partial charge in [0.2, 0.25) is 15.9 Å². The molecule has 0 saturated carbocycles. The molecule has 0 bridgehead atoms. The van der Waals surface area contributed by atoms with Gasteiger partial charge in [-0.05, 0) is 24.6 Å². The van der Waals surface area contributed by atoms with E-state index in [-0.39, 0.29) is 10.9 Å². The quantitative estimate of drug-likeness (QED) is 0.707. The predicted molar refractivity (Wildman–Crippen MR) is 104 cm³/mol. The molecule has 1 aromatic heterocycles. The van der Waals surface area contributed by atoms with Crippen LogP contribution in [0.2, 0.25) is 0 Å². The van der Waals surface area contributed by atoms with Crippen molar-refractivity contribution in [1.29, 1.82) is 0 Å². The van der Waals surface area contributed by atoms with Crippen LogP contribution in [0.3, 0.4) is 0 Å². The van der Waals surface area contributed by atoms with Gasteiger partial charge in [0, 0.05) is 32.2 Å². The minimum Gasteiger partial charge on any atom is -0.495 e. The smallest absolute Gasteiger partial charge is 0.321 e. The Balaban J connectivity index is 1.79. The van der Waals surface area contributed by atoms with Crippen molar-refractivity contribution in [2.45, 2.75) is 11.8 Å². The number of ether oxygens (including phenoxy) is 3. The van der Waals surface area contributed by atoms with E-state index in [4.69, 9.17) is 14.2 Å². The minimum atomic E-state index is -3.66. The highest BCUT2D eigenvalue weighted by Gasteiger charge is 2.31. The second kappa shape index (κ2) is 8.19. The molecule has 10 heteroatoms. The Hall–Kier alpha value is -2.59. The Labute approximate surface area is 164 Å². The third-order valence-corrected chi connectivity index (χ3v) is 6.48. The summed E-state index contributed by atoms with van der Waals surface area (Å²) in [5.41, 5.74) is 0.859. The fourth-order valence-corrected chi connectivity index (χ4v) is 4.69. The first kappa shape index (κ1) is 20.2. The lowest BCUT2D eigenvalue weighted by Gasteiger charge is -2.34. The lowest BCUT2D eigenvalue weighted by Crippen LogP contribution is -2.49. The highest BCUT2D eigenvalue weighted by atomic mass is 32.2. The molecule has 2 aromatic rings. The summed E-state index contributed by atoms with van der Waals surface area (Å²) in [4.78, 5) is 10.6. The molecule has 9 nitrogen and oxygen atoms in total. The van der Waals surface area contributed by atoms with Gasteiger partial charge in [-0.3, -0.25) is 0 Å². The molecule has 1 saturated heterocycles. The van der Waals surface area contributed by atoms with E-state index in [1.54, 1.807) is 18.2 Å². The number of aromatic nitrogens is 2. The van der Waals surface area contributed by atoms with E-state index in [1.807, 2.05) is 17.9 Å². The van der Waals surface area contributed by atoms with Gasteiger partial charge in [0.25, 0.3) is 0 Å². The lowest BCUT2D eigenvalue weighted by atomic mass is 10.2. The molecule has 1 aromatic carbocycles. The Morgan fingerprint density at radius 1 is 0.929 bits per heavy atom. The number of rotatable bonds is 6. The van der Waals surface area contributed by atoms with Crippen molar-refractivity contribution >= 4 is 15.8 Å². The van der Waals surface area contributed by atoms with Crippen LogP contribution in [0, 0.1) is 6.92 Å². The maximum absolute atomic E-state index is 13.1. The highest BCUT2D eigenvalue weighted by Crippen LogP contribution is 2.29. The first-order valence-corrected chi connectivity index (χ1v) is 10.2. The summed E-state index contributed by atoms with van der Waals surface area (Å²) in [5.74, 6) is 1.37. The van der Waals surface area contributed by atoms with Crippen molar-refractivity contribution in [2.24, 2.45) is 0 Å². The van der Waals surface area contributed by atoms with E-state index in [2.05, 4.69) is 9.97 Å². The summed E-state index contributed by atoms with van der Waals surface area (Å²) in [7, 11) is 0.814. The van der Waals surface area contributed by atoms with E-state index >= 15 is 0 Å². The predicted octanol–water partition coefficient (Wildman–Crippen LogP) is 1.32. The molecule has 0 aliphatic carbocycles. The molecule has 0 spiro atoms. The number of methoxy groups -OCH3 is 3. The van der Waals surface area contributed by atoms with Gasteiger partial charge in [-0.15, -0.1) is 0 Å². The molecular weight excluding hydrogens is 384 g/mol. The summed E-state index contributed by atoms with van der Waals surface area (Å²) >= 11 is 0. The molecule has 3 rings (SSSR count). The van der Waals surface area contributed by atoms with Gasteiger partial charge in [-0.2, -0.15) is 14.3 Å². The van der Waals surface area contributed by atoms with Gasteiger partial charge in [0.05, 0.1) is 21.3 Å². The van der Waals surface area contributed by atoms with Crippen LogP contribution in [-0.4, -0.2) is 70.2 Å². The van der Waals surface area contributed by atoms with Gasteiger partial charge in [-0.25, -0.2) is 8.42 Å². The molecule has 1 aliphatic rings. The van der Waals surface area contributed by atoms with Gasteiger partial charge < -0.3 is 19.1 Å². The number of anilines is 1. The molecule has 152 valence electrons. The van der Waals surface area contributed by atoms with Crippen molar-refractivity contribution in [1.82, 2.24) is 14.3 Å². The first-order chi connectivity index (χ1) is 13.4. The molecule has 2 heterocycles. The third kappa shape index (κ3) is 3.97. The maximum atomic E-state index is 13.1. The fourth-order valence-electron chi connectivity index (χ4n) is 3.03. The van der Waals surface area contributed by atoms with Gasteiger partial charge in [0.15, 0.2) is 0 Å². The monoisotopic (exact) mass is 408 g/mol. The number of hydrogen-bond donors (Lipinski definition) is 0. The Morgan fingerprint density at radius 2 is 1.64 bits per heavy atom. The second-order valence-electron chi connectivity index (χ2n) is 6.30. The molecule has 28 heavy (non-hydrogen) atoms. The zero-order valence-corrected chi connectivity index (χ0v) is 17.2. The van der Waals surface area contributed by atoms with Crippen molar-refractivity contribution in [3.63, 3.8) is 0 Å². The SMILES string of the molecule is COc1cc(N2CCN(S(=O)(=O)c3cc(C)ccc3OC)CC2)nc(OC)n1. The van der Waals surface area contributed by atoms with Crippen LogP contribution in [-0.2, 0) is 10.0 Å². The van der Waals surface area contributed by atoms with Crippen LogP contribution >= 0.6 is 0 Å². The summed E-state index contributed by atoms with van der Waals surface area (Å²) in [5, 5.41) is 0. The fraction of sp³-hybridized carbons (Fsp3) is 0.444. The minimum absolute atomic E-state index is 0.189. The normalized spacial score (nSPS) is 15.4. The standard InChI is InChI=1S/C18H24N4O5S/c1-13-5-6-14(25-2)15(11-13)28(23,24)22-9-7-21(8-10-22)16-12-17(26-3)20-18(19-16)27-4/h5-6,11-12H,7-10H2,1-4H3.